The van der Waals surface area contributed by atoms with Crippen LogP contribution in [0.2, 0.25) is 0 Å². The predicted octanol–water partition coefficient (Wildman–Crippen LogP) is 5.55. The topological polar surface area (TPSA) is 0 Å². The summed E-state index contributed by atoms with van der Waals surface area (Å²) in [5, 5.41) is 0. The highest BCUT2D eigenvalue weighted by atomic mass is 79.9. The van der Waals surface area contributed by atoms with E-state index in [9.17, 15) is 0 Å². The molecule has 2 aliphatic rings. The molecule has 16 heavy (non-hydrogen) atoms. The minimum atomic E-state index is 0.823. The number of hydrogen-bond donors (Lipinski definition) is 0. The molecule has 2 saturated carbocycles. The Morgan fingerprint density at radius 2 is 1.56 bits per heavy atom. The summed E-state index contributed by atoms with van der Waals surface area (Å²) in [5.41, 5.74) is 0. The average Bonchev–Trinajstić information content (AvgIpc) is 2.54. The molecule has 0 bridgehead atoms. The van der Waals surface area contributed by atoms with Gasteiger partial charge in [-0.25, -0.2) is 0 Å². The lowest BCUT2D eigenvalue weighted by Crippen LogP contribution is -2.22. The van der Waals surface area contributed by atoms with Gasteiger partial charge in [-0.2, -0.15) is 0 Å². The molecule has 2 fully saturated rings. The largest absolute Gasteiger partial charge is 0.0891 e. The van der Waals surface area contributed by atoms with Crippen LogP contribution in [0.3, 0.4) is 0 Å². The zero-order chi connectivity index (χ0) is 11.4. The summed E-state index contributed by atoms with van der Waals surface area (Å²) in [5.74, 6) is 3.17. The smallest absolute Gasteiger partial charge is 0.0148 e. The van der Waals surface area contributed by atoms with E-state index in [2.05, 4.69) is 22.9 Å². The highest BCUT2D eigenvalue weighted by Crippen LogP contribution is 2.41. The fourth-order valence-electron chi connectivity index (χ4n) is 3.83. The second-order valence-electron chi connectivity index (χ2n) is 6.07. The lowest BCUT2D eigenvalue weighted by molar-refractivity contribution is 0.188. The maximum Gasteiger partial charge on any atom is 0.0148 e. The predicted molar refractivity (Wildman–Crippen MR) is 75.0 cm³/mol. The highest BCUT2D eigenvalue weighted by Gasteiger charge is 2.29. The SMILES string of the molecule is CCC1CCC(C2CCCCC(Br)C2)CC1. The molecule has 2 atom stereocenters. The molecule has 2 rings (SSSR count). The van der Waals surface area contributed by atoms with Crippen LogP contribution in [0.25, 0.3) is 0 Å². The van der Waals surface area contributed by atoms with E-state index in [4.69, 9.17) is 0 Å². The van der Waals surface area contributed by atoms with E-state index >= 15 is 0 Å². The first-order chi connectivity index (χ1) is 7.79. The Labute approximate surface area is 110 Å². The van der Waals surface area contributed by atoms with E-state index in [0.717, 1.165) is 22.6 Å². The highest BCUT2D eigenvalue weighted by molar-refractivity contribution is 9.09. The lowest BCUT2D eigenvalue weighted by Gasteiger charge is -2.33. The van der Waals surface area contributed by atoms with E-state index < -0.39 is 0 Å². The van der Waals surface area contributed by atoms with Crippen molar-refractivity contribution in [3.05, 3.63) is 0 Å². The second-order valence-corrected chi connectivity index (χ2v) is 7.36. The van der Waals surface area contributed by atoms with Crippen molar-refractivity contribution in [1.29, 1.82) is 0 Å². The molecule has 1 heteroatoms. The maximum atomic E-state index is 3.87. The van der Waals surface area contributed by atoms with Crippen molar-refractivity contribution in [1.82, 2.24) is 0 Å². The molecular weight excluding hydrogens is 260 g/mol. The molecule has 94 valence electrons. The Morgan fingerprint density at radius 3 is 2.25 bits per heavy atom. The third-order valence-corrected chi connectivity index (χ3v) is 5.87. The molecule has 0 radical (unpaired) electrons. The molecule has 2 unspecified atom stereocenters. The lowest BCUT2D eigenvalue weighted by atomic mass is 9.73. The van der Waals surface area contributed by atoms with Gasteiger partial charge in [0.2, 0.25) is 0 Å². The summed E-state index contributed by atoms with van der Waals surface area (Å²) < 4.78 is 0. The number of rotatable bonds is 2. The summed E-state index contributed by atoms with van der Waals surface area (Å²) in [4.78, 5) is 0.823. The molecule has 0 N–H and O–H groups in total. The summed E-state index contributed by atoms with van der Waals surface area (Å²) in [6.45, 7) is 2.37. The van der Waals surface area contributed by atoms with Gasteiger partial charge in [0.15, 0.2) is 0 Å². The first-order valence-electron chi connectivity index (χ1n) is 7.43. The van der Waals surface area contributed by atoms with Crippen molar-refractivity contribution < 1.29 is 0 Å². The summed E-state index contributed by atoms with van der Waals surface area (Å²) in [7, 11) is 0. The molecule has 2 aliphatic carbocycles. The summed E-state index contributed by atoms with van der Waals surface area (Å²) in [6, 6.07) is 0. The third kappa shape index (κ3) is 3.48. The van der Waals surface area contributed by atoms with Crippen molar-refractivity contribution in [3.63, 3.8) is 0 Å². The fraction of sp³-hybridized carbons (Fsp3) is 1.00. The molecular formula is C15H27Br. The molecule has 0 aromatic heterocycles. The Morgan fingerprint density at radius 1 is 0.875 bits per heavy atom. The summed E-state index contributed by atoms with van der Waals surface area (Å²) >= 11 is 3.87. The van der Waals surface area contributed by atoms with Crippen LogP contribution in [0.15, 0.2) is 0 Å². The zero-order valence-corrected chi connectivity index (χ0v) is 12.3. The molecule has 0 nitrogen and oxygen atoms in total. The minimum Gasteiger partial charge on any atom is -0.0891 e. The van der Waals surface area contributed by atoms with Gasteiger partial charge in [0, 0.05) is 4.83 Å². The normalized spacial score (nSPS) is 41.6. The third-order valence-electron chi connectivity index (χ3n) is 5.04. The van der Waals surface area contributed by atoms with E-state index in [1.54, 1.807) is 0 Å². The van der Waals surface area contributed by atoms with Crippen molar-refractivity contribution in [2.24, 2.45) is 17.8 Å². The maximum absolute atomic E-state index is 3.87. The van der Waals surface area contributed by atoms with Gasteiger partial charge in [0.1, 0.15) is 0 Å². The number of alkyl halides is 1. The van der Waals surface area contributed by atoms with Crippen molar-refractivity contribution in [2.75, 3.05) is 0 Å². The fourth-order valence-corrected chi connectivity index (χ4v) is 4.64. The zero-order valence-electron chi connectivity index (χ0n) is 10.8. The van der Waals surface area contributed by atoms with Gasteiger partial charge in [-0.3, -0.25) is 0 Å². The van der Waals surface area contributed by atoms with Gasteiger partial charge in [-0.1, -0.05) is 61.4 Å². The van der Waals surface area contributed by atoms with E-state index in [1.165, 1.54) is 64.2 Å². The quantitative estimate of drug-likeness (QED) is 0.461. The van der Waals surface area contributed by atoms with Gasteiger partial charge in [-0.15, -0.1) is 0 Å². The standard InChI is InChI=1S/C15H27Br/c1-2-12-7-9-13(10-8-12)14-5-3-4-6-15(16)11-14/h12-15H,2-11H2,1H3. The van der Waals surface area contributed by atoms with Crippen LogP contribution in [0, 0.1) is 17.8 Å². The summed E-state index contributed by atoms with van der Waals surface area (Å²) in [6.07, 6.45) is 14.8. The van der Waals surface area contributed by atoms with Crippen LogP contribution >= 0.6 is 15.9 Å². The van der Waals surface area contributed by atoms with Gasteiger partial charge in [0.05, 0.1) is 0 Å². The van der Waals surface area contributed by atoms with Crippen LogP contribution in [0.5, 0.6) is 0 Å². The Bertz CT molecular complexity index is 194. The molecule has 0 aromatic rings. The van der Waals surface area contributed by atoms with Crippen LogP contribution < -0.4 is 0 Å². The van der Waals surface area contributed by atoms with Crippen molar-refractivity contribution in [2.45, 2.75) is 76.0 Å². The number of hydrogen-bond acceptors (Lipinski definition) is 0. The van der Waals surface area contributed by atoms with Crippen LogP contribution in [-0.4, -0.2) is 4.83 Å². The van der Waals surface area contributed by atoms with Crippen molar-refractivity contribution in [3.8, 4) is 0 Å². The Kier molecular flexibility index (Phi) is 5.19. The molecule has 0 saturated heterocycles. The first kappa shape index (κ1) is 12.9. The molecule has 0 amide bonds. The van der Waals surface area contributed by atoms with Crippen molar-refractivity contribution >= 4 is 15.9 Å². The Hall–Kier alpha value is 0.480. The second kappa shape index (κ2) is 6.42. The van der Waals surface area contributed by atoms with Gasteiger partial charge in [0.25, 0.3) is 0 Å². The van der Waals surface area contributed by atoms with E-state index in [1.807, 2.05) is 0 Å². The molecule has 0 aliphatic heterocycles. The van der Waals surface area contributed by atoms with Gasteiger partial charge >= 0.3 is 0 Å². The van der Waals surface area contributed by atoms with Gasteiger partial charge < -0.3 is 0 Å². The van der Waals surface area contributed by atoms with E-state index in [-0.39, 0.29) is 0 Å². The molecule has 0 aromatic carbocycles. The Balaban J connectivity index is 1.82. The van der Waals surface area contributed by atoms with Crippen LogP contribution in [-0.2, 0) is 0 Å². The van der Waals surface area contributed by atoms with Gasteiger partial charge in [-0.05, 0) is 43.4 Å². The van der Waals surface area contributed by atoms with Crippen LogP contribution in [0.4, 0.5) is 0 Å². The average molecular weight is 287 g/mol. The first-order valence-corrected chi connectivity index (χ1v) is 8.35. The van der Waals surface area contributed by atoms with E-state index in [0.29, 0.717) is 0 Å². The monoisotopic (exact) mass is 286 g/mol. The minimum absolute atomic E-state index is 0.823. The molecule has 0 spiro atoms. The van der Waals surface area contributed by atoms with Crippen LogP contribution in [0.1, 0.15) is 71.1 Å². The number of halogens is 1. The molecule has 0 heterocycles.